The van der Waals surface area contributed by atoms with E-state index in [0.29, 0.717) is 5.56 Å². The summed E-state index contributed by atoms with van der Waals surface area (Å²) in [5.74, 6) is 0.775. The second kappa shape index (κ2) is 4.55. The summed E-state index contributed by atoms with van der Waals surface area (Å²) >= 11 is 3.30. The fourth-order valence-corrected chi connectivity index (χ4v) is 1.48. The number of aromatic nitrogens is 1. The molecule has 0 atom stereocenters. The number of rotatable bonds is 3. The van der Waals surface area contributed by atoms with Crippen LogP contribution in [0, 0.1) is 0 Å². The van der Waals surface area contributed by atoms with Gasteiger partial charge in [-0.2, -0.15) is 0 Å². The minimum Gasteiger partial charge on any atom is -0.359 e. The average molecular weight is 257 g/mol. The predicted molar refractivity (Wildman–Crippen MR) is 60.9 cm³/mol. The molecule has 0 saturated heterocycles. The fourth-order valence-electron chi connectivity index (χ4n) is 1.15. The van der Waals surface area contributed by atoms with Gasteiger partial charge in [-0.3, -0.25) is 4.79 Å². The Morgan fingerprint density at radius 3 is 2.79 bits per heavy atom. The fraction of sp³-hybridized carbons (Fsp3) is 0.400. The highest BCUT2D eigenvalue weighted by molar-refractivity contribution is 9.10. The van der Waals surface area contributed by atoms with Crippen LogP contribution in [0.2, 0.25) is 0 Å². The second-order valence-corrected chi connectivity index (χ2v) is 4.01. The Kier molecular flexibility index (Phi) is 3.63. The van der Waals surface area contributed by atoms with Gasteiger partial charge in [0.05, 0.1) is 5.56 Å². The molecule has 1 aromatic rings. The van der Waals surface area contributed by atoms with Gasteiger partial charge in [0.1, 0.15) is 5.82 Å². The Bertz CT molecular complexity index is 352. The molecular formula is C10H13BrN2O. The predicted octanol–water partition coefficient (Wildman–Crippen LogP) is 2.50. The number of carbonyl (C=O) groups is 1. The van der Waals surface area contributed by atoms with Gasteiger partial charge < -0.3 is 4.90 Å². The SMILES string of the molecule is CCN(C)c1ncc(Br)cc1C(C)=O. The number of pyridine rings is 1. The molecule has 0 unspecified atom stereocenters. The molecule has 0 aromatic carbocycles. The Morgan fingerprint density at radius 2 is 2.29 bits per heavy atom. The maximum absolute atomic E-state index is 11.4. The van der Waals surface area contributed by atoms with Crippen LogP contribution < -0.4 is 4.90 Å². The van der Waals surface area contributed by atoms with Gasteiger partial charge in [0.25, 0.3) is 0 Å². The van der Waals surface area contributed by atoms with Crippen LogP contribution in [0.3, 0.4) is 0 Å². The topological polar surface area (TPSA) is 33.2 Å². The van der Waals surface area contributed by atoms with Crippen molar-refractivity contribution in [1.29, 1.82) is 0 Å². The van der Waals surface area contributed by atoms with Crippen LogP contribution in [0.4, 0.5) is 5.82 Å². The smallest absolute Gasteiger partial charge is 0.163 e. The molecule has 1 heterocycles. The molecule has 0 aliphatic carbocycles. The standard InChI is InChI=1S/C10H13BrN2O/c1-4-13(3)10-9(7(2)14)5-8(11)6-12-10/h5-6H,4H2,1-3H3. The highest BCUT2D eigenvalue weighted by Gasteiger charge is 2.11. The molecule has 0 spiro atoms. The number of halogens is 1. The van der Waals surface area contributed by atoms with Crippen molar-refractivity contribution in [3.05, 3.63) is 22.3 Å². The van der Waals surface area contributed by atoms with E-state index in [9.17, 15) is 4.79 Å². The first-order valence-corrected chi connectivity index (χ1v) is 5.23. The Labute approximate surface area is 92.3 Å². The zero-order valence-electron chi connectivity index (χ0n) is 8.54. The third-order valence-corrected chi connectivity index (χ3v) is 2.48. The van der Waals surface area contributed by atoms with Crippen LogP contribution in [0.25, 0.3) is 0 Å². The Balaban J connectivity index is 3.21. The Morgan fingerprint density at radius 1 is 1.64 bits per heavy atom. The number of carbonyl (C=O) groups excluding carboxylic acids is 1. The maximum atomic E-state index is 11.4. The summed E-state index contributed by atoms with van der Waals surface area (Å²) in [4.78, 5) is 17.5. The number of hydrogen-bond donors (Lipinski definition) is 0. The summed E-state index contributed by atoms with van der Waals surface area (Å²) in [5.41, 5.74) is 0.656. The van der Waals surface area contributed by atoms with Gasteiger partial charge in [0, 0.05) is 24.3 Å². The molecule has 0 bridgehead atoms. The summed E-state index contributed by atoms with van der Waals surface area (Å²) in [6, 6.07) is 1.80. The minimum atomic E-state index is 0.0362. The van der Waals surface area contributed by atoms with Crippen LogP contribution in [-0.2, 0) is 0 Å². The van der Waals surface area contributed by atoms with Crippen molar-refractivity contribution in [2.45, 2.75) is 13.8 Å². The van der Waals surface area contributed by atoms with Crippen molar-refractivity contribution in [2.75, 3.05) is 18.5 Å². The van der Waals surface area contributed by atoms with Gasteiger partial charge in [-0.1, -0.05) is 0 Å². The Hall–Kier alpha value is -0.900. The van der Waals surface area contributed by atoms with Gasteiger partial charge in [0.15, 0.2) is 5.78 Å². The van der Waals surface area contributed by atoms with E-state index in [2.05, 4.69) is 20.9 Å². The van der Waals surface area contributed by atoms with Crippen molar-refractivity contribution < 1.29 is 4.79 Å². The average Bonchev–Trinajstić information content (AvgIpc) is 2.16. The normalized spacial score (nSPS) is 10.0. The van der Waals surface area contributed by atoms with E-state index >= 15 is 0 Å². The van der Waals surface area contributed by atoms with Gasteiger partial charge in [-0.05, 0) is 35.8 Å². The minimum absolute atomic E-state index is 0.0362. The highest BCUT2D eigenvalue weighted by atomic mass is 79.9. The van der Waals surface area contributed by atoms with E-state index in [-0.39, 0.29) is 5.78 Å². The third kappa shape index (κ3) is 2.32. The lowest BCUT2D eigenvalue weighted by molar-refractivity contribution is 0.101. The molecule has 1 rings (SSSR count). The van der Waals surface area contributed by atoms with Crippen molar-refractivity contribution in [3.8, 4) is 0 Å². The van der Waals surface area contributed by atoms with Crippen molar-refractivity contribution >= 4 is 27.5 Å². The summed E-state index contributed by atoms with van der Waals surface area (Å²) in [6.07, 6.45) is 1.70. The van der Waals surface area contributed by atoms with E-state index in [1.165, 1.54) is 0 Å². The largest absolute Gasteiger partial charge is 0.359 e. The molecule has 3 nitrogen and oxygen atoms in total. The molecule has 14 heavy (non-hydrogen) atoms. The van der Waals surface area contributed by atoms with Crippen LogP contribution in [0.15, 0.2) is 16.7 Å². The molecule has 0 saturated carbocycles. The van der Waals surface area contributed by atoms with Gasteiger partial charge in [-0.15, -0.1) is 0 Å². The number of nitrogens with zero attached hydrogens (tertiary/aromatic N) is 2. The monoisotopic (exact) mass is 256 g/mol. The van der Waals surface area contributed by atoms with E-state index in [4.69, 9.17) is 0 Å². The maximum Gasteiger partial charge on any atom is 0.163 e. The summed E-state index contributed by atoms with van der Waals surface area (Å²) < 4.78 is 0.830. The first kappa shape index (κ1) is 11.2. The van der Waals surface area contributed by atoms with Crippen LogP contribution >= 0.6 is 15.9 Å². The zero-order chi connectivity index (χ0) is 10.7. The second-order valence-electron chi connectivity index (χ2n) is 3.10. The lowest BCUT2D eigenvalue weighted by Crippen LogP contribution is -2.20. The number of hydrogen-bond acceptors (Lipinski definition) is 3. The van der Waals surface area contributed by atoms with E-state index < -0.39 is 0 Å². The lowest BCUT2D eigenvalue weighted by atomic mass is 10.2. The van der Waals surface area contributed by atoms with Crippen LogP contribution in [0.1, 0.15) is 24.2 Å². The van der Waals surface area contributed by atoms with Gasteiger partial charge >= 0.3 is 0 Å². The summed E-state index contributed by atoms with van der Waals surface area (Å²) in [6.45, 7) is 4.40. The van der Waals surface area contributed by atoms with E-state index in [1.807, 2.05) is 18.9 Å². The van der Waals surface area contributed by atoms with Crippen molar-refractivity contribution in [1.82, 2.24) is 4.98 Å². The first-order chi connectivity index (χ1) is 6.56. The number of anilines is 1. The molecule has 0 N–H and O–H groups in total. The van der Waals surface area contributed by atoms with Crippen molar-refractivity contribution in [2.24, 2.45) is 0 Å². The van der Waals surface area contributed by atoms with Gasteiger partial charge in [-0.25, -0.2) is 4.98 Å². The molecule has 0 fully saturated rings. The van der Waals surface area contributed by atoms with Crippen LogP contribution in [0.5, 0.6) is 0 Å². The summed E-state index contributed by atoms with van der Waals surface area (Å²) in [5, 5.41) is 0. The molecule has 76 valence electrons. The van der Waals surface area contributed by atoms with E-state index in [1.54, 1.807) is 19.2 Å². The quantitative estimate of drug-likeness (QED) is 0.780. The van der Waals surface area contributed by atoms with Gasteiger partial charge in [0.2, 0.25) is 0 Å². The van der Waals surface area contributed by atoms with Crippen LogP contribution in [-0.4, -0.2) is 24.4 Å². The zero-order valence-corrected chi connectivity index (χ0v) is 10.1. The van der Waals surface area contributed by atoms with Crippen molar-refractivity contribution in [3.63, 3.8) is 0 Å². The molecule has 4 heteroatoms. The molecular weight excluding hydrogens is 244 g/mol. The lowest BCUT2D eigenvalue weighted by Gasteiger charge is -2.18. The third-order valence-electron chi connectivity index (χ3n) is 2.05. The molecule has 0 radical (unpaired) electrons. The molecule has 0 aliphatic rings. The summed E-state index contributed by atoms with van der Waals surface area (Å²) in [7, 11) is 1.92. The van der Waals surface area contributed by atoms with E-state index in [0.717, 1.165) is 16.8 Å². The number of ketones is 1. The first-order valence-electron chi connectivity index (χ1n) is 4.44. The molecule has 1 aromatic heterocycles. The molecule has 0 amide bonds. The molecule has 0 aliphatic heterocycles. The number of Topliss-reactive ketones (excluding diaryl/α,β-unsaturated/α-hetero) is 1. The highest BCUT2D eigenvalue weighted by Crippen LogP contribution is 2.20.